The maximum Gasteiger partial charge on any atom is 0.405 e. The third-order valence-electron chi connectivity index (χ3n) is 1.51. The molecular formula is C8H12F3N5O. The van der Waals surface area contributed by atoms with E-state index in [0.29, 0.717) is 6.61 Å². The fourth-order valence-corrected chi connectivity index (χ4v) is 0.888. The van der Waals surface area contributed by atoms with Crippen LogP contribution < -0.4 is 15.8 Å². The fraction of sp³-hybridized carbons (Fsp3) is 0.625. The zero-order valence-electron chi connectivity index (χ0n) is 9.08. The van der Waals surface area contributed by atoms with Crippen LogP contribution in [0, 0.1) is 0 Å². The number of halogens is 3. The van der Waals surface area contributed by atoms with Gasteiger partial charge in [0.2, 0.25) is 11.9 Å². The molecule has 1 heterocycles. The monoisotopic (exact) mass is 251 g/mol. The molecule has 0 atom stereocenters. The van der Waals surface area contributed by atoms with Gasteiger partial charge < -0.3 is 15.8 Å². The van der Waals surface area contributed by atoms with E-state index < -0.39 is 12.7 Å². The number of nitrogens with one attached hydrogen (secondary N) is 1. The standard InChI is InChI=1S/C8H12F3N5O/c1-2-3-17-7-15-5(12)14-6(16-7)13-4-8(9,10)11/h2-4H2,1H3,(H3,12,13,14,15,16). The molecule has 0 saturated carbocycles. The van der Waals surface area contributed by atoms with Crippen molar-refractivity contribution in [2.45, 2.75) is 19.5 Å². The van der Waals surface area contributed by atoms with Crippen molar-refractivity contribution in [3.8, 4) is 6.01 Å². The second-order valence-electron chi connectivity index (χ2n) is 3.12. The van der Waals surface area contributed by atoms with Gasteiger partial charge in [-0.05, 0) is 6.42 Å². The largest absolute Gasteiger partial charge is 0.463 e. The van der Waals surface area contributed by atoms with Crippen molar-refractivity contribution in [2.75, 3.05) is 24.2 Å². The van der Waals surface area contributed by atoms with Gasteiger partial charge in [0, 0.05) is 0 Å². The first-order valence-corrected chi connectivity index (χ1v) is 4.85. The molecule has 0 fully saturated rings. The van der Waals surface area contributed by atoms with Crippen molar-refractivity contribution in [1.82, 2.24) is 15.0 Å². The van der Waals surface area contributed by atoms with Crippen LogP contribution in [-0.2, 0) is 0 Å². The number of rotatable bonds is 5. The normalized spacial score (nSPS) is 11.3. The van der Waals surface area contributed by atoms with E-state index in [4.69, 9.17) is 10.5 Å². The highest BCUT2D eigenvalue weighted by Gasteiger charge is 2.27. The third-order valence-corrected chi connectivity index (χ3v) is 1.51. The summed E-state index contributed by atoms with van der Waals surface area (Å²) in [6, 6.07) is -0.0935. The van der Waals surface area contributed by atoms with E-state index >= 15 is 0 Å². The molecule has 96 valence electrons. The number of anilines is 2. The third kappa shape index (κ3) is 5.18. The van der Waals surface area contributed by atoms with Crippen LogP contribution in [0.5, 0.6) is 6.01 Å². The van der Waals surface area contributed by atoms with Gasteiger partial charge in [-0.2, -0.15) is 28.1 Å². The molecule has 0 radical (unpaired) electrons. The van der Waals surface area contributed by atoms with Crippen LogP contribution >= 0.6 is 0 Å². The van der Waals surface area contributed by atoms with Crippen molar-refractivity contribution in [3.05, 3.63) is 0 Å². The van der Waals surface area contributed by atoms with Gasteiger partial charge >= 0.3 is 12.2 Å². The Kier molecular flexibility index (Phi) is 4.30. The number of nitrogen functional groups attached to an aromatic ring is 1. The summed E-state index contributed by atoms with van der Waals surface area (Å²) in [4.78, 5) is 10.8. The first kappa shape index (κ1) is 13.3. The average Bonchev–Trinajstić information content (AvgIpc) is 2.22. The van der Waals surface area contributed by atoms with Crippen molar-refractivity contribution in [1.29, 1.82) is 0 Å². The predicted octanol–water partition coefficient (Wildman–Crippen LogP) is 1.22. The maximum absolute atomic E-state index is 11.9. The molecule has 1 aromatic rings. The summed E-state index contributed by atoms with van der Waals surface area (Å²) >= 11 is 0. The maximum atomic E-state index is 11.9. The lowest BCUT2D eigenvalue weighted by molar-refractivity contribution is -0.115. The van der Waals surface area contributed by atoms with E-state index in [2.05, 4.69) is 15.0 Å². The molecular weight excluding hydrogens is 239 g/mol. The molecule has 0 aromatic carbocycles. The topological polar surface area (TPSA) is 86.0 Å². The molecule has 3 N–H and O–H groups in total. The van der Waals surface area contributed by atoms with Crippen molar-refractivity contribution in [3.63, 3.8) is 0 Å². The molecule has 17 heavy (non-hydrogen) atoms. The molecule has 1 rings (SSSR count). The Balaban J connectivity index is 2.68. The molecule has 0 aliphatic heterocycles. The van der Waals surface area contributed by atoms with Crippen molar-refractivity contribution < 1.29 is 17.9 Å². The lowest BCUT2D eigenvalue weighted by Gasteiger charge is -2.09. The van der Waals surface area contributed by atoms with Crippen molar-refractivity contribution in [2.24, 2.45) is 0 Å². The number of alkyl halides is 3. The van der Waals surface area contributed by atoms with Crippen LogP contribution in [0.2, 0.25) is 0 Å². The van der Waals surface area contributed by atoms with Crippen molar-refractivity contribution >= 4 is 11.9 Å². The van der Waals surface area contributed by atoms with Gasteiger partial charge in [-0.25, -0.2) is 0 Å². The number of hydrogen-bond acceptors (Lipinski definition) is 6. The van der Waals surface area contributed by atoms with Crippen LogP contribution in [0.4, 0.5) is 25.1 Å². The van der Waals surface area contributed by atoms with E-state index in [-0.39, 0.29) is 17.9 Å². The van der Waals surface area contributed by atoms with Crippen LogP contribution in [0.1, 0.15) is 13.3 Å². The van der Waals surface area contributed by atoms with E-state index in [1.165, 1.54) is 0 Å². The van der Waals surface area contributed by atoms with Gasteiger partial charge in [-0.15, -0.1) is 0 Å². The molecule has 1 aromatic heterocycles. The summed E-state index contributed by atoms with van der Waals surface area (Å²) in [6.45, 7) is 0.971. The molecule has 0 unspecified atom stereocenters. The second-order valence-corrected chi connectivity index (χ2v) is 3.12. The highest BCUT2D eigenvalue weighted by molar-refractivity contribution is 5.32. The molecule has 0 bridgehead atoms. The average molecular weight is 251 g/mol. The molecule has 0 aliphatic rings. The van der Waals surface area contributed by atoms with Crippen LogP contribution in [-0.4, -0.2) is 34.3 Å². The molecule has 0 spiro atoms. The van der Waals surface area contributed by atoms with Crippen LogP contribution in [0.25, 0.3) is 0 Å². The van der Waals surface area contributed by atoms with E-state index in [0.717, 1.165) is 6.42 Å². The minimum Gasteiger partial charge on any atom is -0.463 e. The quantitative estimate of drug-likeness (QED) is 0.818. The van der Waals surface area contributed by atoms with Gasteiger partial charge in [0.15, 0.2) is 0 Å². The van der Waals surface area contributed by atoms with Gasteiger partial charge in [0.25, 0.3) is 0 Å². The summed E-state index contributed by atoms with van der Waals surface area (Å²) in [7, 11) is 0. The van der Waals surface area contributed by atoms with Gasteiger partial charge in [0.05, 0.1) is 6.61 Å². The highest BCUT2D eigenvalue weighted by Crippen LogP contribution is 2.16. The zero-order valence-corrected chi connectivity index (χ0v) is 9.08. The predicted molar refractivity (Wildman–Crippen MR) is 54.6 cm³/mol. The molecule has 0 aliphatic carbocycles. The molecule has 9 heteroatoms. The van der Waals surface area contributed by atoms with E-state index in [1.807, 2.05) is 12.2 Å². The number of ether oxygens (including phenoxy) is 1. The number of hydrogen-bond donors (Lipinski definition) is 2. The summed E-state index contributed by atoms with van der Waals surface area (Å²) in [5, 5.41) is 2.00. The molecule has 0 saturated heterocycles. The van der Waals surface area contributed by atoms with Gasteiger partial charge in [-0.1, -0.05) is 6.92 Å². The Hall–Kier alpha value is -1.80. The van der Waals surface area contributed by atoms with E-state index in [1.54, 1.807) is 0 Å². The first-order valence-electron chi connectivity index (χ1n) is 4.85. The molecule has 6 nitrogen and oxygen atoms in total. The minimum atomic E-state index is -4.36. The SMILES string of the molecule is CCCOc1nc(N)nc(NCC(F)(F)F)n1. The Labute approximate surface area is 95.4 Å². The smallest absolute Gasteiger partial charge is 0.405 e. The van der Waals surface area contributed by atoms with Gasteiger partial charge in [0.1, 0.15) is 6.54 Å². The fourth-order valence-electron chi connectivity index (χ4n) is 0.888. The summed E-state index contributed by atoms with van der Waals surface area (Å²) in [6.07, 6.45) is -3.64. The van der Waals surface area contributed by atoms with E-state index in [9.17, 15) is 13.2 Å². The summed E-state index contributed by atoms with van der Waals surface area (Å²) < 4.78 is 40.9. The number of nitrogens with zero attached hydrogens (tertiary/aromatic N) is 3. The minimum absolute atomic E-state index is 0.0935. The number of nitrogens with two attached hydrogens (primary N) is 1. The highest BCUT2D eigenvalue weighted by atomic mass is 19.4. The number of aromatic nitrogens is 3. The molecule has 0 amide bonds. The first-order chi connectivity index (χ1) is 7.90. The lowest BCUT2D eigenvalue weighted by Crippen LogP contribution is -2.23. The summed E-state index contributed by atoms with van der Waals surface area (Å²) in [5.41, 5.74) is 5.31. The summed E-state index contributed by atoms with van der Waals surface area (Å²) in [5.74, 6) is -0.461. The zero-order chi connectivity index (χ0) is 12.9. The second kappa shape index (κ2) is 5.51. The Morgan fingerprint density at radius 2 is 2.00 bits per heavy atom. The Morgan fingerprint density at radius 3 is 2.59 bits per heavy atom. The van der Waals surface area contributed by atoms with Crippen LogP contribution in [0.3, 0.4) is 0 Å². The Morgan fingerprint density at radius 1 is 1.29 bits per heavy atom. The van der Waals surface area contributed by atoms with Crippen LogP contribution in [0.15, 0.2) is 0 Å². The van der Waals surface area contributed by atoms with Gasteiger partial charge in [-0.3, -0.25) is 0 Å². The lowest BCUT2D eigenvalue weighted by atomic mass is 10.5. The Bertz CT molecular complexity index is 371.